The summed E-state index contributed by atoms with van der Waals surface area (Å²) in [5, 5.41) is 10.9. The van der Waals surface area contributed by atoms with Gasteiger partial charge in [-0.3, -0.25) is 4.79 Å². The standard InChI is InChI=1S/C18H18N4O/c1-14(16-10-6-3-7-11-16)19-18(23)17-13-22(21-20-17)12-15-8-4-2-5-9-15/h2-11,13-14H,12H2,1H3,(H,19,23)/t14-/m1/s1. The van der Waals surface area contributed by atoms with Crippen LogP contribution < -0.4 is 5.32 Å². The summed E-state index contributed by atoms with van der Waals surface area (Å²) in [5.41, 5.74) is 2.49. The SMILES string of the molecule is C[C@@H](NC(=O)c1cn(Cc2ccccc2)nn1)c1ccccc1. The van der Waals surface area contributed by atoms with Crippen LogP contribution in [0.2, 0.25) is 0 Å². The molecule has 1 heterocycles. The number of nitrogens with one attached hydrogen (secondary N) is 1. The van der Waals surface area contributed by atoms with Crippen LogP contribution in [0.1, 0.15) is 34.6 Å². The summed E-state index contributed by atoms with van der Waals surface area (Å²) < 4.78 is 1.66. The average Bonchev–Trinajstić information content (AvgIpc) is 3.05. The van der Waals surface area contributed by atoms with Gasteiger partial charge in [-0.2, -0.15) is 0 Å². The van der Waals surface area contributed by atoms with Gasteiger partial charge in [0.05, 0.1) is 18.8 Å². The number of carbonyl (C=O) groups excluding carboxylic acids is 1. The first-order chi connectivity index (χ1) is 11.2. The van der Waals surface area contributed by atoms with Crippen molar-refractivity contribution in [3.63, 3.8) is 0 Å². The van der Waals surface area contributed by atoms with Crippen LogP contribution in [0.4, 0.5) is 0 Å². The predicted octanol–water partition coefficient (Wildman–Crippen LogP) is 2.82. The Kier molecular flexibility index (Phi) is 4.47. The molecule has 0 saturated heterocycles. The Morgan fingerprint density at radius 1 is 1.09 bits per heavy atom. The smallest absolute Gasteiger partial charge is 0.273 e. The predicted molar refractivity (Wildman–Crippen MR) is 87.9 cm³/mol. The van der Waals surface area contributed by atoms with Crippen molar-refractivity contribution in [1.29, 1.82) is 0 Å². The molecule has 5 nitrogen and oxygen atoms in total. The van der Waals surface area contributed by atoms with Gasteiger partial charge in [-0.1, -0.05) is 65.9 Å². The van der Waals surface area contributed by atoms with Crippen LogP contribution in [0.3, 0.4) is 0 Å². The molecule has 0 saturated carbocycles. The summed E-state index contributed by atoms with van der Waals surface area (Å²) >= 11 is 0. The maximum Gasteiger partial charge on any atom is 0.273 e. The van der Waals surface area contributed by atoms with Crippen molar-refractivity contribution >= 4 is 5.91 Å². The fourth-order valence-electron chi connectivity index (χ4n) is 2.35. The lowest BCUT2D eigenvalue weighted by Crippen LogP contribution is -2.26. The molecule has 5 heteroatoms. The third-order valence-corrected chi connectivity index (χ3v) is 3.61. The zero-order valence-corrected chi connectivity index (χ0v) is 12.9. The maximum atomic E-state index is 12.3. The number of hydrogen-bond acceptors (Lipinski definition) is 3. The Morgan fingerprint density at radius 3 is 2.43 bits per heavy atom. The highest BCUT2D eigenvalue weighted by Gasteiger charge is 2.14. The molecule has 3 rings (SSSR count). The first-order valence-corrected chi connectivity index (χ1v) is 7.52. The molecular weight excluding hydrogens is 288 g/mol. The molecule has 0 aliphatic heterocycles. The second kappa shape index (κ2) is 6.87. The summed E-state index contributed by atoms with van der Waals surface area (Å²) in [7, 11) is 0. The van der Waals surface area contributed by atoms with Gasteiger partial charge in [-0.05, 0) is 18.1 Å². The number of rotatable bonds is 5. The van der Waals surface area contributed by atoms with Crippen LogP contribution in [0.25, 0.3) is 0 Å². The van der Waals surface area contributed by atoms with E-state index in [9.17, 15) is 4.79 Å². The number of hydrogen-bond donors (Lipinski definition) is 1. The number of amides is 1. The molecule has 0 aliphatic carbocycles. The van der Waals surface area contributed by atoms with Crippen molar-refractivity contribution in [3.05, 3.63) is 83.7 Å². The fraction of sp³-hybridized carbons (Fsp3) is 0.167. The molecule has 0 fully saturated rings. The minimum Gasteiger partial charge on any atom is -0.344 e. The molecule has 1 atom stereocenters. The molecule has 23 heavy (non-hydrogen) atoms. The topological polar surface area (TPSA) is 59.8 Å². The van der Waals surface area contributed by atoms with Gasteiger partial charge in [-0.25, -0.2) is 4.68 Å². The zero-order valence-electron chi connectivity index (χ0n) is 12.9. The molecular formula is C18H18N4O. The highest BCUT2D eigenvalue weighted by atomic mass is 16.2. The summed E-state index contributed by atoms with van der Waals surface area (Å²) in [6, 6.07) is 19.7. The lowest BCUT2D eigenvalue weighted by molar-refractivity contribution is 0.0934. The number of benzene rings is 2. The molecule has 0 aliphatic rings. The molecule has 0 unspecified atom stereocenters. The summed E-state index contributed by atoms with van der Waals surface area (Å²) in [6.07, 6.45) is 1.67. The van der Waals surface area contributed by atoms with Crippen molar-refractivity contribution < 1.29 is 4.79 Å². The molecule has 1 N–H and O–H groups in total. The molecule has 0 bridgehead atoms. The van der Waals surface area contributed by atoms with Crippen molar-refractivity contribution in [1.82, 2.24) is 20.3 Å². The van der Waals surface area contributed by atoms with Crippen LogP contribution in [0.15, 0.2) is 66.9 Å². The second-order valence-electron chi connectivity index (χ2n) is 5.39. The van der Waals surface area contributed by atoms with Gasteiger partial charge in [0.15, 0.2) is 5.69 Å². The normalized spacial score (nSPS) is 11.9. The first-order valence-electron chi connectivity index (χ1n) is 7.52. The summed E-state index contributed by atoms with van der Waals surface area (Å²) in [4.78, 5) is 12.3. The van der Waals surface area contributed by atoms with E-state index in [0.29, 0.717) is 12.2 Å². The minimum absolute atomic E-state index is 0.0806. The van der Waals surface area contributed by atoms with E-state index in [4.69, 9.17) is 0 Å². The van der Waals surface area contributed by atoms with E-state index in [1.165, 1.54) is 0 Å². The van der Waals surface area contributed by atoms with E-state index in [-0.39, 0.29) is 11.9 Å². The Labute approximate surface area is 135 Å². The maximum absolute atomic E-state index is 12.3. The lowest BCUT2D eigenvalue weighted by Gasteiger charge is -2.12. The van der Waals surface area contributed by atoms with E-state index in [1.807, 2.05) is 67.6 Å². The average molecular weight is 306 g/mol. The van der Waals surface area contributed by atoms with Gasteiger partial charge in [-0.15, -0.1) is 5.10 Å². The quantitative estimate of drug-likeness (QED) is 0.788. The molecule has 1 aromatic heterocycles. The molecule has 3 aromatic rings. The summed E-state index contributed by atoms with van der Waals surface area (Å²) in [5.74, 6) is -0.222. The first kappa shape index (κ1) is 15.0. The van der Waals surface area contributed by atoms with E-state index >= 15 is 0 Å². The molecule has 2 aromatic carbocycles. The van der Waals surface area contributed by atoms with Gasteiger partial charge in [0.2, 0.25) is 0 Å². The molecule has 116 valence electrons. The highest BCUT2D eigenvalue weighted by molar-refractivity contribution is 5.92. The van der Waals surface area contributed by atoms with E-state index in [0.717, 1.165) is 11.1 Å². The Morgan fingerprint density at radius 2 is 1.74 bits per heavy atom. The van der Waals surface area contributed by atoms with Gasteiger partial charge >= 0.3 is 0 Å². The van der Waals surface area contributed by atoms with Crippen molar-refractivity contribution in [2.24, 2.45) is 0 Å². The van der Waals surface area contributed by atoms with Crippen molar-refractivity contribution in [2.75, 3.05) is 0 Å². The van der Waals surface area contributed by atoms with E-state index < -0.39 is 0 Å². The number of carbonyl (C=O) groups is 1. The number of nitrogens with zero attached hydrogens (tertiary/aromatic N) is 3. The third-order valence-electron chi connectivity index (χ3n) is 3.61. The lowest BCUT2D eigenvalue weighted by atomic mass is 10.1. The van der Waals surface area contributed by atoms with Crippen LogP contribution in [0, 0.1) is 0 Å². The Balaban J connectivity index is 1.64. The summed E-state index contributed by atoms with van der Waals surface area (Å²) in [6.45, 7) is 2.54. The third kappa shape index (κ3) is 3.83. The van der Waals surface area contributed by atoms with Crippen molar-refractivity contribution in [3.8, 4) is 0 Å². The number of aromatic nitrogens is 3. The van der Waals surface area contributed by atoms with Crippen molar-refractivity contribution in [2.45, 2.75) is 19.5 Å². The minimum atomic E-state index is -0.222. The van der Waals surface area contributed by atoms with Crippen LogP contribution in [-0.4, -0.2) is 20.9 Å². The molecule has 0 radical (unpaired) electrons. The Hall–Kier alpha value is -2.95. The fourth-order valence-corrected chi connectivity index (χ4v) is 2.35. The molecule has 0 spiro atoms. The van der Waals surface area contributed by atoms with Gasteiger partial charge in [0, 0.05) is 0 Å². The zero-order chi connectivity index (χ0) is 16.1. The molecule has 1 amide bonds. The van der Waals surface area contributed by atoms with Crippen LogP contribution in [0.5, 0.6) is 0 Å². The monoisotopic (exact) mass is 306 g/mol. The van der Waals surface area contributed by atoms with E-state index in [2.05, 4.69) is 15.6 Å². The van der Waals surface area contributed by atoms with Gasteiger partial charge in [0.1, 0.15) is 0 Å². The van der Waals surface area contributed by atoms with Gasteiger partial charge in [0.25, 0.3) is 5.91 Å². The Bertz CT molecular complexity index is 768. The van der Waals surface area contributed by atoms with Crippen LogP contribution >= 0.6 is 0 Å². The largest absolute Gasteiger partial charge is 0.344 e. The van der Waals surface area contributed by atoms with Gasteiger partial charge < -0.3 is 5.32 Å². The van der Waals surface area contributed by atoms with E-state index in [1.54, 1.807) is 10.9 Å². The second-order valence-corrected chi connectivity index (χ2v) is 5.39. The highest BCUT2D eigenvalue weighted by Crippen LogP contribution is 2.12. The van der Waals surface area contributed by atoms with Crippen LogP contribution in [-0.2, 0) is 6.54 Å².